The van der Waals surface area contributed by atoms with Crippen LogP contribution in [0, 0.1) is 0 Å². The average Bonchev–Trinajstić information content (AvgIpc) is 3.47. The first-order valence-electron chi connectivity index (χ1n) is 13.9. The first-order valence-corrected chi connectivity index (χ1v) is 13.9. The van der Waals surface area contributed by atoms with Crippen LogP contribution >= 0.6 is 0 Å². The lowest BCUT2D eigenvalue weighted by atomic mass is 10.0. The largest absolute Gasteiger partial charge is 0.508 e. The smallest absolute Gasteiger partial charge is 0.326 e. The molecule has 1 aromatic heterocycles. The molecule has 0 bridgehead atoms. The summed E-state index contributed by atoms with van der Waals surface area (Å²) >= 11 is 0. The zero-order valence-corrected chi connectivity index (χ0v) is 23.9. The van der Waals surface area contributed by atoms with Gasteiger partial charge >= 0.3 is 5.97 Å². The number of guanidine groups is 1. The molecule has 0 aliphatic heterocycles. The van der Waals surface area contributed by atoms with E-state index in [4.69, 9.17) is 22.9 Å². The molecule has 0 fully saturated rings. The number of phenolic OH excluding ortho intramolecular Hbond substituents is 1. The number of aromatic nitrogens is 2. The lowest BCUT2D eigenvalue weighted by Gasteiger charge is -2.25. The fourth-order valence-electron chi connectivity index (χ4n) is 4.15. The number of rotatable bonds is 19. The Labute approximate surface area is 249 Å². The van der Waals surface area contributed by atoms with Gasteiger partial charge in [-0.1, -0.05) is 12.1 Å². The van der Waals surface area contributed by atoms with Crippen molar-refractivity contribution in [3.63, 3.8) is 0 Å². The van der Waals surface area contributed by atoms with E-state index >= 15 is 0 Å². The molecule has 0 aliphatic rings. The van der Waals surface area contributed by atoms with Crippen molar-refractivity contribution in [2.45, 2.75) is 69.1 Å². The van der Waals surface area contributed by atoms with Crippen LogP contribution in [0.2, 0.25) is 0 Å². The van der Waals surface area contributed by atoms with Gasteiger partial charge in [-0.2, -0.15) is 0 Å². The van der Waals surface area contributed by atoms with Crippen LogP contribution in [0.1, 0.15) is 43.4 Å². The number of nitrogens with two attached hydrogens (primary N) is 4. The number of unbranched alkanes of at least 4 members (excludes halogenated alkanes) is 1. The van der Waals surface area contributed by atoms with Crippen molar-refractivity contribution in [3.8, 4) is 5.75 Å². The normalized spacial score (nSPS) is 13.6. The van der Waals surface area contributed by atoms with Crippen LogP contribution in [0.4, 0.5) is 0 Å². The quantitative estimate of drug-likeness (QED) is 0.0474. The Morgan fingerprint density at radius 2 is 1.51 bits per heavy atom. The van der Waals surface area contributed by atoms with Gasteiger partial charge in [0.15, 0.2) is 5.96 Å². The number of benzene rings is 1. The van der Waals surface area contributed by atoms with Crippen LogP contribution in [-0.4, -0.2) is 87.1 Å². The van der Waals surface area contributed by atoms with Gasteiger partial charge < -0.3 is 54.1 Å². The highest BCUT2D eigenvalue weighted by molar-refractivity contribution is 5.94. The molecule has 4 unspecified atom stereocenters. The molecule has 1 aromatic carbocycles. The molecule has 0 spiro atoms. The number of H-pyrrole nitrogens is 1. The van der Waals surface area contributed by atoms with Gasteiger partial charge in [-0.25, -0.2) is 9.78 Å². The average molecular weight is 603 g/mol. The summed E-state index contributed by atoms with van der Waals surface area (Å²) in [5.74, 6) is -3.38. The third kappa shape index (κ3) is 12.8. The predicted molar refractivity (Wildman–Crippen MR) is 158 cm³/mol. The van der Waals surface area contributed by atoms with Crippen LogP contribution in [0.3, 0.4) is 0 Å². The zero-order chi connectivity index (χ0) is 31.8. The Kier molecular flexibility index (Phi) is 14.4. The van der Waals surface area contributed by atoms with Crippen LogP contribution in [0.15, 0.2) is 41.8 Å². The Morgan fingerprint density at radius 1 is 0.884 bits per heavy atom. The molecule has 0 saturated heterocycles. The number of imidazole rings is 1. The maximum atomic E-state index is 13.6. The van der Waals surface area contributed by atoms with Gasteiger partial charge in [-0.05, 0) is 56.3 Å². The fraction of sp³-hybridized carbons (Fsp3) is 0.481. The number of aliphatic carboxylic acids is 1. The third-order valence-electron chi connectivity index (χ3n) is 6.48. The summed E-state index contributed by atoms with van der Waals surface area (Å²) in [7, 11) is 0. The number of hydrogen-bond donors (Lipinski definition) is 10. The van der Waals surface area contributed by atoms with Crippen LogP contribution < -0.4 is 38.9 Å². The lowest BCUT2D eigenvalue weighted by Crippen LogP contribution is -2.57. The zero-order valence-electron chi connectivity index (χ0n) is 23.9. The number of hydrogen-bond acceptors (Lipinski definition) is 9. The molecule has 14 N–H and O–H groups in total. The lowest BCUT2D eigenvalue weighted by molar-refractivity contribution is -0.142. The molecule has 16 nitrogen and oxygen atoms in total. The van der Waals surface area contributed by atoms with E-state index in [-0.39, 0.29) is 50.4 Å². The Bertz CT molecular complexity index is 1200. The van der Waals surface area contributed by atoms with E-state index in [1.807, 2.05) is 0 Å². The third-order valence-corrected chi connectivity index (χ3v) is 6.48. The predicted octanol–water partition coefficient (Wildman–Crippen LogP) is -2.05. The first kappa shape index (κ1) is 34.5. The van der Waals surface area contributed by atoms with Crippen molar-refractivity contribution in [1.29, 1.82) is 0 Å². The second-order valence-corrected chi connectivity index (χ2v) is 10.0. The molecule has 43 heavy (non-hydrogen) atoms. The second kappa shape index (κ2) is 18.0. The molecule has 2 aromatic rings. The minimum absolute atomic E-state index is 0.00775. The van der Waals surface area contributed by atoms with Crippen LogP contribution in [0.5, 0.6) is 5.75 Å². The highest BCUT2D eigenvalue weighted by atomic mass is 16.4. The van der Waals surface area contributed by atoms with Crippen LogP contribution in [0.25, 0.3) is 0 Å². The molecule has 0 radical (unpaired) electrons. The summed E-state index contributed by atoms with van der Waals surface area (Å²) in [6.07, 6.45) is 4.69. The summed E-state index contributed by atoms with van der Waals surface area (Å²) < 4.78 is 0. The van der Waals surface area contributed by atoms with E-state index in [9.17, 15) is 29.4 Å². The van der Waals surface area contributed by atoms with Gasteiger partial charge in [-0.3, -0.25) is 19.4 Å². The highest BCUT2D eigenvalue weighted by Gasteiger charge is 2.30. The number of carbonyl (C=O) groups excluding carboxylic acids is 3. The molecule has 0 saturated carbocycles. The minimum atomic E-state index is -1.22. The van der Waals surface area contributed by atoms with E-state index in [1.165, 1.54) is 24.7 Å². The summed E-state index contributed by atoms with van der Waals surface area (Å²) in [4.78, 5) is 62.2. The van der Waals surface area contributed by atoms with E-state index in [1.54, 1.807) is 12.1 Å². The van der Waals surface area contributed by atoms with E-state index in [0.29, 0.717) is 30.6 Å². The van der Waals surface area contributed by atoms with Crippen molar-refractivity contribution in [3.05, 3.63) is 48.0 Å². The number of aromatic hydroxyl groups is 1. The standard InChI is InChI=1S/C27H42N10O6/c28-10-2-1-4-21(26(42)43)36-24(40)20(5-3-11-33-27(30)31)35-25(41)22(12-16-6-8-18(38)9-7-16)37-23(39)19(29)13-17-14-32-15-34-17/h6-9,14-15,19-22,38H,1-5,10-13,28-29H2,(H,32,34)(H,35,41)(H,36,40)(H,37,39)(H,42,43)(H4,30,31,33). The summed E-state index contributed by atoms with van der Waals surface area (Å²) in [6, 6.07) is 1.51. The molecule has 4 atom stereocenters. The summed E-state index contributed by atoms with van der Waals surface area (Å²) in [5.41, 5.74) is 23.6. The number of aromatic amines is 1. The number of carbonyl (C=O) groups is 4. The maximum Gasteiger partial charge on any atom is 0.326 e. The molecular formula is C27H42N10O6. The van der Waals surface area contributed by atoms with Gasteiger partial charge in [0.25, 0.3) is 0 Å². The molecule has 2 rings (SSSR count). The van der Waals surface area contributed by atoms with Crippen molar-refractivity contribution < 1.29 is 29.4 Å². The van der Waals surface area contributed by atoms with E-state index in [2.05, 4.69) is 30.9 Å². The first-order chi connectivity index (χ1) is 20.5. The molecule has 1 heterocycles. The van der Waals surface area contributed by atoms with Crippen molar-refractivity contribution in [2.24, 2.45) is 27.9 Å². The van der Waals surface area contributed by atoms with Gasteiger partial charge in [0.1, 0.15) is 23.9 Å². The Balaban J connectivity index is 2.24. The van der Waals surface area contributed by atoms with Gasteiger partial charge in [-0.15, -0.1) is 0 Å². The number of nitrogens with zero attached hydrogens (tertiary/aromatic N) is 2. The van der Waals surface area contributed by atoms with Gasteiger partial charge in [0, 0.05) is 31.3 Å². The Hall–Kier alpha value is -4.70. The van der Waals surface area contributed by atoms with E-state index < -0.39 is 47.9 Å². The second-order valence-electron chi connectivity index (χ2n) is 10.0. The number of phenols is 1. The maximum absolute atomic E-state index is 13.6. The van der Waals surface area contributed by atoms with E-state index in [0.717, 1.165) is 0 Å². The molecule has 236 valence electrons. The van der Waals surface area contributed by atoms with Gasteiger partial charge in [0.05, 0.1) is 12.4 Å². The monoisotopic (exact) mass is 602 g/mol. The molecule has 3 amide bonds. The van der Waals surface area contributed by atoms with Crippen molar-refractivity contribution >= 4 is 29.7 Å². The minimum Gasteiger partial charge on any atom is -0.508 e. The molecular weight excluding hydrogens is 560 g/mol. The number of carboxylic acid groups (broad SMARTS) is 1. The van der Waals surface area contributed by atoms with Crippen LogP contribution in [-0.2, 0) is 32.0 Å². The highest BCUT2D eigenvalue weighted by Crippen LogP contribution is 2.12. The number of nitrogens with one attached hydrogen (secondary N) is 4. The van der Waals surface area contributed by atoms with Gasteiger partial charge in [0.2, 0.25) is 17.7 Å². The Morgan fingerprint density at radius 3 is 2.12 bits per heavy atom. The topological polar surface area (TPSA) is 290 Å². The summed E-state index contributed by atoms with van der Waals surface area (Å²) in [6.45, 7) is 0.542. The van der Waals surface area contributed by atoms with Crippen molar-refractivity contribution in [2.75, 3.05) is 13.1 Å². The number of amides is 3. The molecule has 16 heteroatoms. The molecule has 0 aliphatic carbocycles. The number of aliphatic imine (C=N–C) groups is 1. The number of carboxylic acids is 1. The SMILES string of the molecule is NCCCCC(NC(=O)C(CCCN=C(N)N)NC(=O)C(Cc1ccc(O)cc1)NC(=O)C(N)Cc1cnc[nH]1)C(=O)O. The van der Waals surface area contributed by atoms with Crippen molar-refractivity contribution in [1.82, 2.24) is 25.9 Å². The fourth-order valence-corrected chi connectivity index (χ4v) is 4.15. The summed E-state index contributed by atoms with van der Waals surface area (Å²) in [5, 5.41) is 27.0.